The fourth-order valence-corrected chi connectivity index (χ4v) is 3.32. The third-order valence-corrected chi connectivity index (χ3v) is 4.99. The van der Waals surface area contributed by atoms with Crippen molar-refractivity contribution in [3.8, 4) is 6.07 Å². The molecule has 1 aliphatic heterocycles. The fraction of sp³-hybridized carbons (Fsp3) is 0.500. The van der Waals surface area contributed by atoms with E-state index in [0.29, 0.717) is 41.8 Å². The summed E-state index contributed by atoms with van der Waals surface area (Å²) in [5, 5.41) is 25.3. The molecule has 5 N–H and O–H groups in total. The molecule has 0 radical (unpaired) electrons. The molecule has 1 saturated heterocycles. The number of piperidine rings is 1. The molecule has 0 unspecified atom stereocenters. The molecule has 3 heterocycles. The first-order chi connectivity index (χ1) is 15.6. The van der Waals surface area contributed by atoms with Gasteiger partial charge < -0.3 is 26.4 Å². The molecule has 11 heteroatoms. The summed E-state index contributed by atoms with van der Waals surface area (Å²) >= 11 is 0. The summed E-state index contributed by atoms with van der Waals surface area (Å²) < 4.78 is 13.9. The second-order valence-corrected chi connectivity index (χ2v) is 8.77. The molecule has 1 aliphatic rings. The number of alkyl halides is 1. The number of nitrogens with two attached hydrogens (primary N) is 1. The minimum Gasteiger partial charge on any atom is -0.390 e. The summed E-state index contributed by atoms with van der Waals surface area (Å²) in [6.07, 6.45) is 1.20. The van der Waals surface area contributed by atoms with E-state index < -0.39 is 17.8 Å². The maximum atomic E-state index is 13.9. The number of nitriles is 1. The van der Waals surface area contributed by atoms with Crippen LogP contribution in [0.25, 0.3) is 0 Å². The van der Waals surface area contributed by atoms with Crippen LogP contribution in [0.5, 0.6) is 0 Å². The van der Waals surface area contributed by atoms with Crippen LogP contribution in [-0.2, 0) is 0 Å². The Hall–Kier alpha value is -3.52. The number of hydrogen-bond donors (Lipinski definition) is 4. The van der Waals surface area contributed by atoms with Crippen LogP contribution in [0.3, 0.4) is 0 Å². The van der Waals surface area contributed by atoms with Crippen molar-refractivity contribution in [2.75, 3.05) is 28.6 Å². The molecular formula is C22H30FN9O. The van der Waals surface area contributed by atoms with Gasteiger partial charge in [-0.25, -0.2) is 19.4 Å². The van der Waals surface area contributed by atoms with Gasteiger partial charge in [0.1, 0.15) is 29.2 Å². The van der Waals surface area contributed by atoms with Gasteiger partial charge in [0.05, 0.1) is 30.0 Å². The van der Waals surface area contributed by atoms with Crippen LogP contribution >= 0.6 is 0 Å². The number of aliphatic hydroxyl groups is 1. The first-order valence-electron chi connectivity index (χ1n) is 10.8. The number of rotatable bonds is 7. The predicted molar refractivity (Wildman–Crippen MR) is 126 cm³/mol. The molecule has 3 rings (SSSR count). The van der Waals surface area contributed by atoms with E-state index in [-0.39, 0.29) is 18.4 Å². The highest BCUT2D eigenvalue weighted by atomic mass is 19.1. The second kappa shape index (κ2) is 9.95. The molecular weight excluding hydrogens is 425 g/mol. The molecule has 0 amide bonds. The molecule has 176 valence electrons. The van der Waals surface area contributed by atoms with E-state index in [2.05, 4.69) is 36.6 Å². The van der Waals surface area contributed by atoms with Crippen LogP contribution in [-0.4, -0.2) is 62.8 Å². The number of anilines is 4. The van der Waals surface area contributed by atoms with Crippen molar-refractivity contribution in [3.05, 3.63) is 30.1 Å². The molecule has 10 nitrogen and oxygen atoms in total. The zero-order chi connectivity index (χ0) is 24.2. The maximum absolute atomic E-state index is 13.9. The smallest absolute Gasteiger partial charge is 0.227 e. The highest BCUT2D eigenvalue weighted by Crippen LogP contribution is 2.24. The Balaban J connectivity index is 1.85. The normalized spacial score (nSPS) is 19.3. The van der Waals surface area contributed by atoms with Gasteiger partial charge in [-0.2, -0.15) is 10.2 Å². The third kappa shape index (κ3) is 6.26. The predicted octanol–water partition coefficient (Wildman–Crippen LogP) is 2.35. The number of aromatic nitrogens is 3. The molecule has 33 heavy (non-hydrogen) atoms. The molecule has 0 spiro atoms. The third-order valence-electron chi connectivity index (χ3n) is 4.99. The lowest BCUT2D eigenvalue weighted by Crippen LogP contribution is -2.45. The van der Waals surface area contributed by atoms with E-state index in [1.807, 2.05) is 13.8 Å². The minimum atomic E-state index is -1.34. The Bertz CT molecular complexity index is 1050. The van der Waals surface area contributed by atoms with Gasteiger partial charge in [0.25, 0.3) is 0 Å². The number of nitrogens with zero attached hydrogens (tertiary/aromatic N) is 6. The topological polar surface area (TPSA) is 148 Å². The monoisotopic (exact) mass is 455 g/mol. The van der Waals surface area contributed by atoms with Gasteiger partial charge >= 0.3 is 0 Å². The Morgan fingerprint density at radius 1 is 1.39 bits per heavy atom. The van der Waals surface area contributed by atoms with Crippen molar-refractivity contribution >= 4 is 29.1 Å². The Labute approximate surface area is 192 Å². The molecule has 0 aromatic carbocycles. The van der Waals surface area contributed by atoms with Gasteiger partial charge in [0.2, 0.25) is 5.95 Å². The second-order valence-electron chi connectivity index (χ2n) is 8.77. The number of amidine groups is 1. The molecule has 0 aliphatic carbocycles. The van der Waals surface area contributed by atoms with E-state index in [1.165, 1.54) is 0 Å². The number of halogens is 1. The highest BCUT2D eigenvalue weighted by Gasteiger charge is 2.28. The van der Waals surface area contributed by atoms with Crippen molar-refractivity contribution in [3.63, 3.8) is 0 Å². The Morgan fingerprint density at radius 3 is 2.82 bits per heavy atom. The summed E-state index contributed by atoms with van der Waals surface area (Å²) in [5.41, 5.74) is 6.51. The summed E-state index contributed by atoms with van der Waals surface area (Å²) in [7, 11) is 0. The van der Waals surface area contributed by atoms with Crippen LogP contribution in [0.15, 0.2) is 29.5 Å². The van der Waals surface area contributed by atoms with Crippen molar-refractivity contribution < 1.29 is 9.50 Å². The van der Waals surface area contributed by atoms with Crippen molar-refractivity contribution in [2.24, 2.45) is 10.7 Å². The quantitative estimate of drug-likeness (QED) is 0.364. The van der Waals surface area contributed by atoms with Crippen molar-refractivity contribution in [1.29, 1.82) is 5.26 Å². The van der Waals surface area contributed by atoms with Crippen molar-refractivity contribution in [1.82, 2.24) is 15.0 Å². The first kappa shape index (κ1) is 24.1. The molecule has 0 saturated carbocycles. The first-order valence-corrected chi connectivity index (χ1v) is 10.8. The summed E-state index contributed by atoms with van der Waals surface area (Å²) in [4.78, 5) is 19.1. The van der Waals surface area contributed by atoms with Gasteiger partial charge in [-0.05, 0) is 40.2 Å². The van der Waals surface area contributed by atoms with Gasteiger partial charge in [-0.1, -0.05) is 0 Å². The minimum absolute atomic E-state index is 0.0394. The summed E-state index contributed by atoms with van der Waals surface area (Å²) in [6, 6.07) is 5.69. The zero-order valence-corrected chi connectivity index (χ0v) is 19.2. The molecule has 2 aromatic rings. The SMILES string of the molecule is CC(C)Nc1cc(Nc2ccnc(N3CC[C@H](O)[C@H](F)C3)n2)ncc1C(N)=NC(C)(C)C#N. The number of nitrogens with one attached hydrogen (secondary N) is 2. The van der Waals surface area contributed by atoms with E-state index in [9.17, 15) is 14.8 Å². The number of pyridine rings is 1. The Morgan fingerprint density at radius 2 is 2.15 bits per heavy atom. The van der Waals surface area contributed by atoms with Gasteiger partial charge in [-0.3, -0.25) is 0 Å². The lowest BCUT2D eigenvalue weighted by Gasteiger charge is -2.32. The standard InChI is InChI=1S/C22H30FN9O/c1-13(2)28-16-9-19(27-10-14(16)20(25)31-22(3,4)12-24)29-18-5-7-26-21(30-18)32-8-6-17(33)15(23)11-32/h5,7,9-10,13,15,17,33H,6,8,11H2,1-4H3,(H2,25,31)(H2,26,27,28,29,30)/t15-,17+/m1/s1. The van der Waals surface area contributed by atoms with Crippen molar-refractivity contribution in [2.45, 2.75) is 58.0 Å². The largest absolute Gasteiger partial charge is 0.390 e. The average Bonchev–Trinajstić information content (AvgIpc) is 2.75. The fourth-order valence-electron chi connectivity index (χ4n) is 3.32. The highest BCUT2D eigenvalue weighted by molar-refractivity contribution is 6.03. The van der Waals surface area contributed by atoms with Gasteiger partial charge in [-0.15, -0.1) is 0 Å². The van der Waals surface area contributed by atoms with Gasteiger partial charge in [0.15, 0.2) is 0 Å². The summed E-state index contributed by atoms with van der Waals surface area (Å²) in [6.45, 7) is 7.86. The molecule has 2 atom stereocenters. The average molecular weight is 456 g/mol. The van der Waals surface area contributed by atoms with E-state index >= 15 is 0 Å². The maximum Gasteiger partial charge on any atom is 0.227 e. The van der Waals surface area contributed by atoms with Crippen LogP contribution in [0.1, 0.15) is 39.7 Å². The van der Waals surface area contributed by atoms with E-state index in [4.69, 9.17) is 5.73 Å². The summed E-state index contributed by atoms with van der Waals surface area (Å²) in [5.74, 6) is 1.59. The zero-order valence-electron chi connectivity index (χ0n) is 19.2. The molecule has 0 bridgehead atoms. The van der Waals surface area contributed by atoms with Gasteiger partial charge in [0, 0.05) is 31.0 Å². The van der Waals surface area contributed by atoms with Crippen LogP contribution in [0.4, 0.5) is 27.7 Å². The Kier molecular flexibility index (Phi) is 7.28. The molecule has 1 fully saturated rings. The number of aliphatic hydroxyl groups excluding tert-OH is 1. The van der Waals surface area contributed by atoms with E-state index in [0.717, 1.165) is 0 Å². The van der Waals surface area contributed by atoms with Crippen LogP contribution in [0.2, 0.25) is 0 Å². The lowest BCUT2D eigenvalue weighted by atomic mass is 10.1. The number of hydrogen-bond acceptors (Lipinski definition) is 9. The lowest BCUT2D eigenvalue weighted by molar-refractivity contribution is 0.0612. The van der Waals surface area contributed by atoms with E-state index in [1.54, 1.807) is 43.3 Å². The van der Waals surface area contributed by atoms with Crippen LogP contribution < -0.4 is 21.3 Å². The number of aliphatic imine (C=N–C) groups is 1. The van der Waals surface area contributed by atoms with Crippen LogP contribution in [0, 0.1) is 11.3 Å². The molecule has 2 aromatic heterocycles.